The van der Waals surface area contributed by atoms with E-state index < -0.39 is 0 Å². The molecule has 1 rings (SSSR count). The maximum atomic E-state index is 9.06. The van der Waals surface area contributed by atoms with Crippen LogP contribution in [-0.2, 0) is 6.61 Å². The molecule has 0 aliphatic rings. The summed E-state index contributed by atoms with van der Waals surface area (Å²) in [5, 5.41) is 9.06. The molecular weight excluding hydrogens is 152 g/mol. The number of aliphatic hydroxyl groups is 1. The SMILES string of the molecule is COc1ccc(C)c(CO)c1C. The van der Waals surface area contributed by atoms with Crippen LogP contribution in [0.4, 0.5) is 0 Å². The van der Waals surface area contributed by atoms with Crippen molar-refractivity contribution < 1.29 is 9.84 Å². The van der Waals surface area contributed by atoms with E-state index in [0.717, 1.165) is 22.4 Å². The molecule has 0 atom stereocenters. The highest BCUT2D eigenvalue weighted by Gasteiger charge is 2.05. The first kappa shape index (κ1) is 9.07. The van der Waals surface area contributed by atoms with Crippen molar-refractivity contribution in [2.24, 2.45) is 0 Å². The standard InChI is InChI=1S/C10H14O2/c1-7-4-5-10(12-3)8(2)9(7)6-11/h4-5,11H,6H2,1-3H3. The zero-order valence-electron chi connectivity index (χ0n) is 7.72. The number of hydrogen-bond donors (Lipinski definition) is 1. The van der Waals surface area contributed by atoms with Gasteiger partial charge in [-0.05, 0) is 36.6 Å². The van der Waals surface area contributed by atoms with Gasteiger partial charge in [0.2, 0.25) is 0 Å². The molecule has 0 heterocycles. The van der Waals surface area contributed by atoms with Crippen LogP contribution in [0.15, 0.2) is 12.1 Å². The lowest BCUT2D eigenvalue weighted by Crippen LogP contribution is -1.96. The minimum atomic E-state index is 0.0782. The van der Waals surface area contributed by atoms with Crippen molar-refractivity contribution in [3.8, 4) is 5.75 Å². The van der Waals surface area contributed by atoms with Crippen LogP contribution in [0.3, 0.4) is 0 Å². The molecule has 0 fully saturated rings. The van der Waals surface area contributed by atoms with Gasteiger partial charge in [-0.15, -0.1) is 0 Å². The quantitative estimate of drug-likeness (QED) is 0.726. The number of aryl methyl sites for hydroxylation is 1. The van der Waals surface area contributed by atoms with Crippen molar-refractivity contribution >= 4 is 0 Å². The number of aliphatic hydroxyl groups excluding tert-OH is 1. The monoisotopic (exact) mass is 166 g/mol. The van der Waals surface area contributed by atoms with E-state index in [4.69, 9.17) is 9.84 Å². The third-order valence-corrected chi connectivity index (χ3v) is 2.16. The largest absolute Gasteiger partial charge is 0.496 e. The average Bonchev–Trinajstić information content (AvgIpc) is 2.06. The van der Waals surface area contributed by atoms with E-state index in [1.165, 1.54) is 0 Å². The van der Waals surface area contributed by atoms with Crippen molar-refractivity contribution in [3.05, 3.63) is 28.8 Å². The molecule has 0 saturated carbocycles. The van der Waals surface area contributed by atoms with Crippen LogP contribution in [0.1, 0.15) is 16.7 Å². The van der Waals surface area contributed by atoms with Gasteiger partial charge in [-0.2, -0.15) is 0 Å². The fourth-order valence-electron chi connectivity index (χ4n) is 1.34. The summed E-state index contributed by atoms with van der Waals surface area (Å²) >= 11 is 0. The van der Waals surface area contributed by atoms with Crippen LogP contribution in [-0.4, -0.2) is 12.2 Å². The molecule has 0 unspecified atom stereocenters. The summed E-state index contributed by atoms with van der Waals surface area (Å²) in [6.45, 7) is 4.02. The summed E-state index contributed by atoms with van der Waals surface area (Å²) in [6, 6.07) is 3.88. The Morgan fingerprint density at radius 3 is 2.50 bits per heavy atom. The van der Waals surface area contributed by atoms with Crippen molar-refractivity contribution in [1.82, 2.24) is 0 Å². The molecule has 0 aliphatic heterocycles. The van der Waals surface area contributed by atoms with Gasteiger partial charge >= 0.3 is 0 Å². The van der Waals surface area contributed by atoms with Crippen molar-refractivity contribution in [1.29, 1.82) is 0 Å². The van der Waals surface area contributed by atoms with Gasteiger partial charge in [0.1, 0.15) is 5.75 Å². The van der Waals surface area contributed by atoms with Gasteiger partial charge in [0.25, 0.3) is 0 Å². The highest BCUT2D eigenvalue weighted by atomic mass is 16.5. The fraction of sp³-hybridized carbons (Fsp3) is 0.400. The van der Waals surface area contributed by atoms with Crippen LogP contribution in [0.2, 0.25) is 0 Å². The number of ether oxygens (including phenoxy) is 1. The molecule has 66 valence electrons. The highest BCUT2D eigenvalue weighted by Crippen LogP contribution is 2.23. The average molecular weight is 166 g/mol. The predicted octanol–water partition coefficient (Wildman–Crippen LogP) is 1.80. The molecule has 2 nitrogen and oxygen atoms in total. The van der Waals surface area contributed by atoms with Gasteiger partial charge in [-0.3, -0.25) is 0 Å². The molecule has 1 aromatic rings. The lowest BCUT2D eigenvalue weighted by atomic mass is 10.0. The van der Waals surface area contributed by atoms with E-state index >= 15 is 0 Å². The summed E-state index contributed by atoms with van der Waals surface area (Å²) in [5.41, 5.74) is 3.10. The van der Waals surface area contributed by atoms with Crippen molar-refractivity contribution in [3.63, 3.8) is 0 Å². The summed E-state index contributed by atoms with van der Waals surface area (Å²) in [5.74, 6) is 0.838. The Labute approximate surface area is 72.8 Å². The fourth-order valence-corrected chi connectivity index (χ4v) is 1.34. The molecule has 0 spiro atoms. The minimum absolute atomic E-state index is 0.0782. The third-order valence-electron chi connectivity index (χ3n) is 2.16. The van der Waals surface area contributed by atoms with E-state index in [-0.39, 0.29) is 6.61 Å². The third kappa shape index (κ3) is 1.43. The van der Waals surface area contributed by atoms with Crippen molar-refractivity contribution in [2.75, 3.05) is 7.11 Å². The first-order chi connectivity index (χ1) is 5.70. The first-order valence-electron chi connectivity index (χ1n) is 3.94. The molecule has 0 saturated heterocycles. The number of hydrogen-bond acceptors (Lipinski definition) is 2. The molecule has 0 aromatic heterocycles. The number of methoxy groups -OCH3 is 1. The van der Waals surface area contributed by atoms with Crippen LogP contribution in [0, 0.1) is 13.8 Å². The summed E-state index contributed by atoms with van der Waals surface area (Å²) in [4.78, 5) is 0. The van der Waals surface area contributed by atoms with Gasteiger partial charge in [-0.1, -0.05) is 6.07 Å². The summed E-state index contributed by atoms with van der Waals surface area (Å²) in [6.07, 6.45) is 0. The molecular formula is C10H14O2. The zero-order chi connectivity index (χ0) is 9.14. The Morgan fingerprint density at radius 2 is 2.00 bits per heavy atom. The lowest BCUT2D eigenvalue weighted by molar-refractivity contribution is 0.279. The zero-order valence-corrected chi connectivity index (χ0v) is 7.72. The Morgan fingerprint density at radius 1 is 1.33 bits per heavy atom. The van der Waals surface area contributed by atoms with Crippen molar-refractivity contribution in [2.45, 2.75) is 20.5 Å². The normalized spacial score (nSPS) is 10.0. The molecule has 0 amide bonds. The molecule has 0 aliphatic carbocycles. The van der Waals surface area contributed by atoms with E-state index in [0.29, 0.717) is 0 Å². The second kappa shape index (κ2) is 3.59. The summed E-state index contributed by atoms with van der Waals surface area (Å²) in [7, 11) is 1.64. The van der Waals surface area contributed by atoms with Crippen LogP contribution in [0.5, 0.6) is 5.75 Å². The Hall–Kier alpha value is -1.02. The van der Waals surface area contributed by atoms with Crippen LogP contribution in [0.25, 0.3) is 0 Å². The topological polar surface area (TPSA) is 29.5 Å². The van der Waals surface area contributed by atoms with Gasteiger partial charge in [-0.25, -0.2) is 0 Å². The van der Waals surface area contributed by atoms with E-state index in [1.807, 2.05) is 26.0 Å². The second-order valence-corrected chi connectivity index (χ2v) is 2.85. The predicted molar refractivity (Wildman–Crippen MR) is 48.4 cm³/mol. The van der Waals surface area contributed by atoms with E-state index in [9.17, 15) is 0 Å². The van der Waals surface area contributed by atoms with Gasteiger partial charge in [0.05, 0.1) is 13.7 Å². The van der Waals surface area contributed by atoms with Gasteiger partial charge in [0.15, 0.2) is 0 Å². The van der Waals surface area contributed by atoms with E-state index in [1.54, 1.807) is 7.11 Å². The first-order valence-corrected chi connectivity index (χ1v) is 3.94. The number of benzene rings is 1. The molecule has 1 aromatic carbocycles. The molecule has 1 N–H and O–H groups in total. The van der Waals surface area contributed by atoms with Crippen LogP contribution < -0.4 is 4.74 Å². The molecule has 12 heavy (non-hydrogen) atoms. The molecule has 0 radical (unpaired) electrons. The van der Waals surface area contributed by atoms with Gasteiger partial charge < -0.3 is 9.84 Å². The van der Waals surface area contributed by atoms with Crippen LogP contribution >= 0.6 is 0 Å². The molecule has 0 bridgehead atoms. The smallest absolute Gasteiger partial charge is 0.122 e. The maximum absolute atomic E-state index is 9.06. The maximum Gasteiger partial charge on any atom is 0.122 e. The highest BCUT2D eigenvalue weighted by molar-refractivity contribution is 5.43. The number of rotatable bonds is 2. The lowest BCUT2D eigenvalue weighted by Gasteiger charge is -2.10. The molecule has 2 heteroatoms. The minimum Gasteiger partial charge on any atom is -0.496 e. The van der Waals surface area contributed by atoms with Gasteiger partial charge in [0, 0.05) is 0 Å². The summed E-state index contributed by atoms with van der Waals surface area (Å²) < 4.78 is 5.13. The Bertz CT molecular complexity index is 279. The Kier molecular flexibility index (Phi) is 2.71. The second-order valence-electron chi connectivity index (χ2n) is 2.85. The Balaban J connectivity index is 3.24. The van der Waals surface area contributed by atoms with E-state index in [2.05, 4.69) is 0 Å².